The number of hydrogen-bond acceptors (Lipinski definition) is 10. The normalized spacial score (nSPS) is 12.7. The largest absolute Gasteiger partial charge is 0.493 e. The van der Waals surface area contributed by atoms with Crippen molar-refractivity contribution in [2.45, 2.75) is 19.1 Å². The fraction of sp³-hybridized carbons (Fsp3) is 0.226. The van der Waals surface area contributed by atoms with Gasteiger partial charge in [-0.1, -0.05) is 12.1 Å². The van der Waals surface area contributed by atoms with Crippen molar-refractivity contribution in [1.82, 2.24) is 10.3 Å². The van der Waals surface area contributed by atoms with Gasteiger partial charge in [0, 0.05) is 52.3 Å². The minimum atomic E-state index is -1.15. The molecule has 5 rings (SSSR count). The number of benzene rings is 2. The number of aliphatic hydroxyl groups excluding tert-OH is 2. The average Bonchev–Trinajstić information content (AvgIpc) is 3.44. The molecule has 4 aromatic rings. The number of methoxy groups -OCH3 is 1. The van der Waals surface area contributed by atoms with Crippen LogP contribution in [0.5, 0.6) is 5.75 Å². The van der Waals surface area contributed by atoms with Crippen LogP contribution in [0.4, 0.5) is 5.69 Å². The van der Waals surface area contributed by atoms with E-state index in [0.29, 0.717) is 36.6 Å². The lowest BCUT2D eigenvalue weighted by atomic mass is 9.93. The highest BCUT2D eigenvalue weighted by molar-refractivity contribution is 7.13. The van der Waals surface area contributed by atoms with Gasteiger partial charge < -0.3 is 36.1 Å². The van der Waals surface area contributed by atoms with Crippen molar-refractivity contribution < 1.29 is 34.1 Å². The highest BCUT2D eigenvalue weighted by Crippen LogP contribution is 2.43. The number of pyridine rings is 1. The summed E-state index contributed by atoms with van der Waals surface area (Å²) < 4.78 is 11.1. The number of nitrogens with one attached hydrogen (secondary N) is 2. The Kier molecular flexibility index (Phi) is 9.12. The maximum atomic E-state index is 13.9. The Morgan fingerprint density at radius 1 is 1.07 bits per heavy atom. The van der Waals surface area contributed by atoms with E-state index in [1.54, 1.807) is 35.6 Å². The summed E-state index contributed by atoms with van der Waals surface area (Å²) >= 11 is 1.55. The van der Waals surface area contributed by atoms with Crippen LogP contribution in [0.1, 0.15) is 42.5 Å². The first-order valence-electron chi connectivity index (χ1n) is 13.5. The molecule has 6 N–H and O–H groups in total. The van der Waals surface area contributed by atoms with E-state index in [1.807, 2.05) is 23.6 Å². The van der Waals surface area contributed by atoms with Gasteiger partial charge in [0.05, 0.1) is 26.4 Å². The van der Waals surface area contributed by atoms with Crippen LogP contribution in [0.3, 0.4) is 0 Å². The van der Waals surface area contributed by atoms with E-state index in [4.69, 9.17) is 20.3 Å². The number of rotatable bonds is 9. The molecule has 2 aromatic heterocycles. The minimum Gasteiger partial charge on any atom is -0.493 e. The summed E-state index contributed by atoms with van der Waals surface area (Å²) in [5, 5.41) is 26.0. The van der Waals surface area contributed by atoms with Crippen molar-refractivity contribution in [3.05, 3.63) is 88.1 Å². The lowest BCUT2D eigenvalue weighted by Gasteiger charge is -2.17. The predicted octanol–water partition coefficient (Wildman–Crippen LogP) is 2.99. The molecule has 0 bridgehead atoms. The predicted molar refractivity (Wildman–Crippen MR) is 161 cm³/mol. The summed E-state index contributed by atoms with van der Waals surface area (Å²) in [6, 6.07) is 15.6. The van der Waals surface area contributed by atoms with Crippen molar-refractivity contribution in [3.63, 3.8) is 0 Å². The van der Waals surface area contributed by atoms with E-state index in [1.165, 1.54) is 19.2 Å². The first-order chi connectivity index (χ1) is 20.8. The summed E-state index contributed by atoms with van der Waals surface area (Å²) in [6.07, 6.45) is -0.457. The van der Waals surface area contributed by atoms with Crippen LogP contribution >= 0.6 is 11.3 Å². The number of aliphatic hydroxyl groups is 2. The number of anilines is 1. The standard InChI is InChI=1S/C31H30N4O7S/c1-41-31(40)27-21(6-7-25(35-27)30(39)33-15-20(37)16-36)22-13-26-24(28-18(8-10-42-26)9-11-43-28)12-23(22)29(38)34-19-4-2-17(14-32)3-5-19/h2-7,9,11-13,20,36-37H,8,10,14-16,32H2,1H3,(H,33,39)(H,34,38)/t20-/m0/s1. The van der Waals surface area contributed by atoms with Crippen LogP contribution in [0, 0.1) is 0 Å². The van der Waals surface area contributed by atoms with Crippen molar-refractivity contribution in [3.8, 4) is 27.3 Å². The van der Waals surface area contributed by atoms with Gasteiger partial charge in [0.2, 0.25) is 0 Å². The Balaban J connectivity index is 1.63. The number of carbonyl (C=O) groups is 3. The number of nitrogens with zero attached hydrogens (tertiary/aromatic N) is 1. The van der Waals surface area contributed by atoms with Crippen LogP contribution in [-0.2, 0) is 17.7 Å². The second-order valence-electron chi connectivity index (χ2n) is 9.75. The summed E-state index contributed by atoms with van der Waals surface area (Å²) in [5.41, 5.74) is 9.59. The molecule has 222 valence electrons. The molecular weight excluding hydrogens is 572 g/mol. The quantitative estimate of drug-likeness (QED) is 0.181. The fourth-order valence-corrected chi connectivity index (χ4v) is 5.65. The molecule has 0 aliphatic carbocycles. The van der Waals surface area contributed by atoms with Gasteiger partial charge in [-0.05, 0) is 59.0 Å². The number of nitrogens with two attached hydrogens (primary N) is 1. The van der Waals surface area contributed by atoms with Gasteiger partial charge in [-0.15, -0.1) is 11.3 Å². The van der Waals surface area contributed by atoms with Crippen LogP contribution in [-0.4, -0.2) is 66.0 Å². The maximum absolute atomic E-state index is 13.9. The maximum Gasteiger partial charge on any atom is 0.357 e. The van der Waals surface area contributed by atoms with Gasteiger partial charge in [-0.3, -0.25) is 9.59 Å². The molecule has 0 saturated carbocycles. The lowest BCUT2D eigenvalue weighted by Crippen LogP contribution is -2.34. The minimum absolute atomic E-state index is 0.116. The fourth-order valence-electron chi connectivity index (χ4n) is 4.67. The molecule has 3 heterocycles. The van der Waals surface area contributed by atoms with E-state index in [0.717, 1.165) is 21.6 Å². The van der Waals surface area contributed by atoms with Gasteiger partial charge in [0.15, 0.2) is 5.69 Å². The lowest BCUT2D eigenvalue weighted by molar-refractivity contribution is 0.0594. The Bertz CT molecular complexity index is 1670. The molecular formula is C31H30N4O7S. The van der Waals surface area contributed by atoms with E-state index in [-0.39, 0.29) is 29.1 Å². The first kappa shape index (κ1) is 29.9. The summed E-state index contributed by atoms with van der Waals surface area (Å²) in [4.78, 5) is 44.8. The number of thiophene rings is 1. The number of carbonyl (C=O) groups excluding carboxylic acids is 3. The zero-order chi connectivity index (χ0) is 30.5. The Labute approximate surface area is 251 Å². The molecule has 11 nitrogen and oxygen atoms in total. The molecule has 0 spiro atoms. The second kappa shape index (κ2) is 13.1. The van der Waals surface area contributed by atoms with Gasteiger partial charge in [-0.2, -0.15) is 0 Å². The Morgan fingerprint density at radius 2 is 1.86 bits per heavy atom. The topological polar surface area (TPSA) is 173 Å². The molecule has 0 unspecified atom stereocenters. The number of hydrogen-bond donors (Lipinski definition) is 5. The zero-order valence-corrected chi connectivity index (χ0v) is 24.1. The van der Waals surface area contributed by atoms with Crippen LogP contribution < -0.4 is 21.1 Å². The van der Waals surface area contributed by atoms with E-state index in [2.05, 4.69) is 15.6 Å². The number of esters is 1. The molecule has 0 radical (unpaired) electrons. The second-order valence-corrected chi connectivity index (χ2v) is 10.7. The molecule has 2 amide bonds. The third-order valence-corrected chi connectivity index (χ3v) is 7.93. The molecule has 43 heavy (non-hydrogen) atoms. The SMILES string of the molecule is COC(=O)c1nc(C(=O)NC[C@H](O)CO)ccc1-c1cc2c(cc1C(=O)Nc1ccc(CN)cc1)-c1sccc1CCO2. The Morgan fingerprint density at radius 3 is 2.58 bits per heavy atom. The first-order valence-corrected chi connectivity index (χ1v) is 14.4. The monoisotopic (exact) mass is 602 g/mol. The molecule has 1 atom stereocenters. The molecule has 0 fully saturated rings. The molecule has 12 heteroatoms. The van der Waals surface area contributed by atoms with Crippen LogP contribution in [0.2, 0.25) is 0 Å². The number of fused-ring (bicyclic) bond motifs is 3. The molecule has 1 aliphatic rings. The summed E-state index contributed by atoms with van der Waals surface area (Å²) in [7, 11) is 1.19. The Hall–Kier alpha value is -4.62. The van der Waals surface area contributed by atoms with Gasteiger partial charge in [0.1, 0.15) is 11.4 Å². The number of amides is 2. The van der Waals surface area contributed by atoms with Gasteiger partial charge in [-0.25, -0.2) is 9.78 Å². The third kappa shape index (κ3) is 6.42. The van der Waals surface area contributed by atoms with Crippen LogP contribution in [0.25, 0.3) is 21.6 Å². The van der Waals surface area contributed by atoms with E-state index >= 15 is 0 Å². The summed E-state index contributed by atoms with van der Waals surface area (Å²) in [5.74, 6) is -1.38. The zero-order valence-electron chi connectivity index (χ0n) is 23.3. The highest BCUT2D eigenvalue weighted by Gasteiger charge is 2.27. The molecule has 1 aliphatic heterocycles. The third-order valence-electron chi connectivity index (χ3n) is 6.94. The van der Waals surface area contributed by atoms with E-state index < -0.39 is 30.5 Å². The van der Waals surface area contributed by atoms with Crippen molar-refractivity contribution in [2.75, 3.05) is 32.2 Å². The van der Waals surface area contributed by atoms with Crippen molar-refractivity contribution in [2.24, 2.45) is 5.73 Å². The summed E-state index contributed by atoms with van der Waals surface area (Å²) in [6.45, 7) is 0.0486. The van der Waals surface area contributed by atoms with Gasteiger partial charge >= 0.3 is 5.97 Å². The molecule has 2 aromatic carbocycles. The van der Waals surface area contributed by atoms with E-state index in [9.17, 15) is 19.5 Å². The highest BCUT2D eigenvalue weighted by atomic mass is 32.1. The van der Waals surface area contributed by atoms with Crippen molar-refractivity contribution in [1.29, 1.82) is 0 Å². The van der Waals surface area contributed by atoms with Crippen molar-refractivity contribution >= 4 is 34.8 Å². The molecule has 0 saturated heterocycles. The number of ether oxygens (including phenoxy) is 2. The smallest absolute Gasteiger partial charge is 0.357 e. The van der Waals surface area contributed by atoms with Gasteiger partial charge in [0.25, 0.3) is 11.8 Å². The number of aromatic nitrogens is 1. The van der Waals surface area contributed by atoms with Crippen LogP contribution in [0.15, 0.2) is 60.0 Å². The average molecular weight is 603 g/mol.